The highest BCUT2D eigenvalue weighted by atomic mass is 35.5. The summed E-state index contributed by atoms with van der Waals surface area (Å²) in [5.41, 5.74) is 6.95. The molecule has 7 nitrogen and oxygen atoms in total. The predicted octanol–water partition coefficient (Wildman–Crippen LogP) is 2.19. The fraction of sp³-hybridized carbons (Fsp3) is 0.316. The highest BCUT2D eigenvalue weighted by molar-refractivity contribution is 6.33. The maximum Gasteiger partial charge on any atom is 0.262 e. The van der Waals surface area contributed by atoms with Gasteiger partial charge in [-0.25, -0.2) is 0 Å². The molecule has 2 amide bonds. The maximum atomic E-state index is 12.8. The normalized spacial score (nSPS) is 17.2. The van der Waals surface area contributed by atoms with Crippen LogP contribution >= 0.6 is 11.6 Å². The van der Waals surface area contributed by atoms with E-state index in [4.69, 9.17) is 17.3 Å². The van der Waals surface area contributed by atoms with Crippen molar-refractivity contribution < 1.29 is 9.59 Å². The number of benzene rings is 1. The van der Waals surface area contributed by atoms with E-state index in [9.17, 15) is 14.4 Å². The number of imide groups is 1. The van der Waals surface area contributed by atoms with Crippen molar-refractivity contribution in [1.29, 1.82) is 0 Å². The third kappa shape index (κ3) is 2.78. The number of halogens is 1. The van der Waals surface area contributed by atoms with Gasteiger partial charge in [0.25, 0.3) is 17.4 Å². The molecule has 4 rings (SSSR count). The van der Waals surface area contributed by atoms with Crippen LogP contribution < -0.4 is 21.5 Å². The van der Waals surface area contributed by atoms with Gasteiger partial charge < -0.3 is 10.6 Å². The molecule has 1 aromatic heterocycles. The van der Waals surface area contributed by atoms with Gasteiger partial charge in [-0.15, -0.1) is 0 Å². The molecule has 1 saturated heterocycles. The van der Waals surface area contributed by atoms with Crippen molar-refractivity contribution in [2.45, 2.75) is 19.8 Å². The molecule has 140 valence electrons. The van der Waals surface area contributed by atoms with E-state index in [2.05, 4.69) is 17.1 Å². The molecule has 3 N–H and O–H groups in total. The highest BCUT2D eigenvalue weighted by Crippen LogP contribution is 2.36. The number of nitrogens with zero attached hydrogens (tertiary/aromatic N) is 2. The Morgan fingerprint density at radius 3 is 2.56 bits per heavy atom. The van der Waals surface area contributed by atoms with Crippen molar-refractivity contribution in [2.24, 2.45) is 5.92 Å². The number of nitrogens with one attached hydrogen (secondary N) is 1. The third-order valence-corrected chi connectivity index (χ3v) is 5.56. The summed E-state index contributed by atoms with van der Waals surface area (Å²) in [5, 5.41) is 2.69. The van der Waals surface area contributed by atoms with Crippen molar-refractivity contribution >= 4 is 34.9 Å². The second-order valence-corrected chi connectivity index (χ2v) is 7.46. The van der Waals surface area contributed by atoms with Crippen molar-refractivity contribution in [3.05, 3.63) is 50.8 Å². The van der Waals surface area contributed by atoms with Gasteiger partial charge in [-0.1, -0.05) is 24.6 Å². The molecular weight excluding hydrogens is 368 g/mol. The molecule has 0 atom stereocenters. The molecule has 0 aliphatic carbocycles. The molecule has 0 saturated carbocycles. The first-order valence-electron chi connectivity index (χ1n) is 8.83. The number of carbonyl (C=O) groups is 2. The van der Waals surface area contributed by atoms with Crippen LogP contribution in [0, 0.1) is 5.92 Å². The number of nitrogens with two attached hydrogens (primary N) is 1. The number of anilines is 2. The predicted molar refractivity (Wildman–Crippen MR) is 104 cm³/mol. The van der Waals surface area contributed by atoms with E-state index in [0.717, 1.165) is 32.0 Å². The van der Waals surface area contributed by atoms with E-state index in [0.29, 0.717) is 22.3 Å². The SMILES string of the molecule is CC1CCN(c2c(Cl)cccc2-n2c(N)c3c(cc2=O)C(=O)NC3=O)CC1. The third-order valence-electron chi connectivity index (χ3n) is 5.26. The maximum absolute atomic E-state index is 12.8. The molecule has 3 heterocycles. The van der Waals surface area contributed by atoms with Crippen LogP contribution in [0.5, 0.6) is 0 Å². The van der Waals surface area contributed by atoms with E-state index in [1.54, 1.807) is 18.2 Å². The number of hydrogen-bond acceptors (Lipinski definition) is 5. The first-order chi connectivity index (χ1) is 12.9. The lowest BCUT2D eigenvalue weighted by molar-refractivity contribution is 0.0880. The van der Waals surface area contributed by atoms with Crippen molar-refractivity contribution in [2.75, 3.05) is 23.7 Å². The molecular formula is C19H19ClN4O3. The summed E-state index contributed by atoms with van der Waals surface area (Å²) in [4.78, 5) is 38.9. The molecule has 0 spiro atoms. The van der Waals surface area contributed by atoms with Gasteiger partial charge in [0.15, 0.2) is 0 Å². The van der Waals surface area contributed by atoms with Gasteiger partial charge in [-0.2, -0.15) is 0 Å². The largest absolute Gasteiger partial charge is 0.384 e. The van der Waals surface area contributed by atoms with Gasteiger partial charge in [0.2, 0.25) is 0 Å². The first-order valence-corrected chi connectivity index (χ1v) is 9.21. The Kier molecular flexibility index (Phi) is 4.19. The van der Waals surface area contributed by atoms with Gasteiger partial charge in [0.1, 0.15) is 5.82 Å². The molecule has 1 fully saturated rings. The molecule has 2 aliphatic rings. The Morgan fingerprint density at radius 1 is 1.15 bits per heavy atom. The van der Waals surface area contributed by atoms with Crippen molar-refractivity contribution in [3.63, 3.8) is 0 Å². The molecule has 2 aromatic rings. The summed E-state index contributed by atoms with van der Waals surface area (Å²) in [7, 11) is 0. The Morgan fingerprint density at radius 2 is 1.85 bits per heavy atom. The number of fused-ring (bicyclic) bond motifs is 1. The molecule has 0 radical (unpaired) electrons. The minimum atomic E-state index is -0.609. The fourth-order valence-corrected chi connectivity index (χ4v) is 4.05. The van der Waals surface area contributed by atoms with Crippen LogP contribution in [0.3, 0.4) is 0 Å². The van der Waals surface area contributed by atoms with Gasteiger partial charge in [0, 0.05) is 19.2 Å². The summed E-state index contributed by atoms with van der Waals surface area (Å²) in [5.74, 6) is -0.636. The summed E-state index contributed by atoms with van der Waals surface area (Å²) in [6.07, 6.45) is 2.05. The smallest absolute Gasteiger partial charge is 0.262 e. The zero-order valence-electron chi connectivity index (χ0n) is 14.8. The van der Waals surface area contributed by atoms with Crippen LogP contribution in [-0.4, -0.2) is 29.5 Å². The lowest BCUT2D eigenvalue weighted by Gasteiger charge is -2.34. The van der Waals surface area contributed by atoms with Crippen LogP contribution in [0.25, 0.3) is 5.69 Å². The lowest BCUT2D eigenvalue weighted by Crippen LogP contribution is -2.35. The fourth-order valence-electron chi connectivity index (χ4n) is 3.76. The quantitative estimate of drug-likeness (QED) is 0.771. The van der Waals surface area contributed by atoms with E-state index in [1.165, 1.54) is 4.57 Å². The molecule has 1 aromatic carbocycles. The first kappa shape index (κ1) is 17.6. The standard InChI is InChI=1S/C19H19ClN4O3/c1-10-5-7-23(8-6-10)16-12(20)3-2-4-13(16)24-14(25)9-11-15(17(24)21)19(27)22-18(11)26/h2-4,9-10H,5-8,21H2,1H3,(H,22,26,27). The van der Waals surface area contributed by atoms with E-state index < -0.39 is 17.4 Å². The monoisotopic (exact) mass is 386 g/mol. The number of piperidine rings is 1. The summed E-state index contributed by atoms with van der Waals surface area (Å²) < 4.78 is 1.26. The molecule has 27 heavy (non-hydrogen) atoms. The Balaban J connectivity index is 1.92. The highest BCUT2D eigenvalue weighted by Gasteiger charge is 2.32. The van der Waals surface area contributed by atoms with E-state index in [1.807, 2.05) is 0 Å². The number of hydrogen-bond donors (Lipinski definition) is 2. The van der Waals surface area contributed by atoms with Crippen LogP contribution in [-0.2, 0) is 0 Å². The summed E-state index contributed by atoms with van der Waals surface area (Å²) in [6.45, 7) is 3.84. The number of para-hydroxylation sites is 1. The number of nitrogen functional groups attached to an aromatic ring is 1. The number of amides is 2. The average molecular weight is 387 g/mol. The van der Waals surface area contributed by atoms with E-state index in [-0.39, 0.29) is 16.9 Å². The Bertz CT molecular complexity index is 1020. The molecule has 2 aliphatic heterocycles. The zero-order valence-corrected chi connectivity index (χ0v) is 15.5. The lowest BCUT2D eigenvalue weighted by atomic mass is 9.98. The van der Waals surface area contributed by atoms with Crippen molar-refractivity contribution in [1.82, 2.24) is 9.88 Å². The molecule has 8 heteroatoms. The number of carbonyl (C=O) groups excluding carboxylic acids is 2. The topological polar surface area (TPSA) is 97.4 Å². The molecule has 0 unspecified atom stereocenters. The van der Waals surface area contributed by atoms with Gasteiger partial charge in [-0.05, 0) is 30.9 Å². The minimum absolute atomic E-state index is 0.00845. The second kappa shape index (κ2) is 6.42. The van der Waals surface area contributed by atoms with Gasteiger partial charge >= 0.3 is 0 Å². The molecule has 0 bridgehead atoms. The Labute approximate surface area is 160 Å². The Hall–Kier alpha value is -2.80. The zero-order chi connectivity index (χ0) is 19.3. The van der Waals surface area contributed by atoms with Crippen LogP contribution in [0.2, 0.25) is 5.02 Å². The number of aromatic nitrogens is 1. The summed E-state index contributed by atoms with van der Waals surface area (Å²) >= 11 is 6.49. The van der Waals surface area contributed by atoms with Gasteiger partial charge in [-0.3, -0.25) is 24.3 Å². The number of pyridine rings is 1. The van der Waals surface area contributed by atoms with Crippen molar-refractivity contribution in [3.8, 4) is 5.69 Å². The van der Waals surface area contributed by atoms with Crippen LogP contribution in [0.1, 0.15) is 40.5 Å². The van der Waals surface area contributed by atoms with E-state index >= 15 is 0 Å². The van der Waals surface area contributed by atoms with Crippen LogP contribution in [0.4, 0.5) is 11.5 Å². The minimum Gasteiger partial charge on any atom is -0.384 e. The number of rotatable bonds is 2. The van der Waals surface area contributed by atoms with Gasteiger partial charge in [0.05, 0.1) is 27.5 Å². The second-order valence-electron chi connectivity index (χ2n) is 7.05. The van der Waals surface area contributed by atoms with Crippen LogP contribution in [0.15, 0.2) is 29.1 Å². The average Bonchev–Trinajstić information content (AvgIpc) is 2.90. The summed E-state index contributed by atoms with van der Waals surface area (Å²) in [6, 6.07) is 6.40.